The van der Waals surface area contributed by atoms with Gasteiger partial charge in [0.2, 0.25) is 0 Å². The van der Waals surface area contributed by atoms with Gasteiger partial charge in [0.1, 0.15) is 11.5 Å². The molecule has 0 atom stereocenters. The first kappa shape index (κ1) is 27.7. The molecule has 2 aromatic carbocycles. The highest BCUT2D eigenvalue weighted by Gasteiger charge is 2.32. The number of hydrogen-bond donors (Lipinski definition) is 0. The number of methoxy groups -OCH3 is 2. The molecule has 0 saturated heterocycles. The Morgan fingerprint density at radius 2 is 0.977 bits per heavy atom. The molecule has 212 valence electrons. The predicted molar refractivity (Wildman–Crippen MR) is 167 cm³/mol. The second kappa shape index (κ2) is 11.8. The van der Waals surface area contributed by atoms with Crippen molar-refractivity contribution in [1.82, 2.24) is 29.9 Å². The van der Waals surface area contributed by atoms with Crippen molar-refractivity contribution >= 4 is 0 Å². The van der Waals surface area contributed by atoms with E-state index in [-0.39, 0.29) is 0 Å². The third kappa shape index (κ3) is 5.30. The fraction of sp³-hybridized carbons (Fsp3) is 0.143. The van der Waals surface area contributed by atoms with E-state index in [1.165, 1.54) is 0 Å². The number of benzene rings is 2. The highest BCUT2D eigenvalue weighted by Crippen LogP contribution is 2.44. The van der Waals surface area contributed by atoms with Crippen LogP contribution in [0.1, 0.15) is 25.2 Å². The van der Waals surface area contributed by atoms with Crippen molar-refractivity contribution in [2.45, 2.75) is 19.3 Å². The van der Waals surface area contributed by atoms with Crippen LogP contribution in [0.4, 0.5) is 0 Å². The lowest BCUT2D eigenvalue weighted by molar-refractivity contribution is 0.411. The zero-order valence-corrected chi connectivity index (χ0v) is 24.4. The maximum absolute atomic E-state index is 5.98. The molecule has 0 N–H and O–H groups in total. The van der Waals surface area contributed by atoms with Crippen molar-refractivity contribution in [2.75, 3.05) is 14.2 Å². The lowest BCUT2D eigenvalue weighted by Gasteiger charge is -2.28. The van der Waals surface area contributed by atoms with Gasteiger partial charge in [-0.3, -0.25) is 29.9 Å². The van der Waals surface area contributed by atoms with E-state index in [1.54, 1.807) is 51.4 Å². The molecule has 0 aliphatic heterocycles. The lowest BCUT2D eigenvalue weighted by Crippen LogP contribution is -2.23. The number of nitrogens with zero attached hydrogens (tertiary/aromatic N) is 6. The Morgan fingerprint density at radius 3 is 1.33 bits per heavy atom. The molecule has 0 aliphatic rings. The van der Waals surface area contributed by atoms with Crippen molar-refractivity contribution < 1.29 is 9.47 Å². The minimum Gasteiger partial charge on any atom is -0.496 e. The molecule has 0 amide bonds. The van der Waals surface area contributed by atoms with Crippen LogP contribution in [-0.4, -0.2) is 44.1 Å². The van der Waals surface area contributed by atoms with E-state index in [4.69, 9.17) is 19.4 Å². The van der Waals surface area contributed by atoms with Crippen molar-refractivity contribution in [3.05, 3.63) is 121 Å². The first-order chi connectivity index (χ1) is 21.0. The minimum atomic E-state index is -0.671. The number of hydrogen-bond acceptors (Lipinski definition) is 8. The minimum absolute atomic E-state index is 0.642. The topological polar surface area (TPSA) is 95.8 Å². The van der Waals surface area contributed by atoms with Gasteiger partial charge in [-0.25, -0.2) is 0 Å². The van der Waals surface area contributed by atoms with Crippen LogP contribution in [-0.2, 0) is 5.41 Å². The summed E-state index contributed by atoms with van der Waals surface area (Å²) >= 11 is 0. The summed E-state index contributed by atoms with van der Waals surface area (Å²) in [5, 5.41) is 0. The van der Waals surface area contributed by atoms with Crippen LogP contribution in [0.2, 0.25) is 0 Å². The molecule has 0 unspecified atom stereocenters. The van der Waals surface area contributed by atoms with Gasteiger partial charge in [0, 0.05) is 53.5 Å². The van der Waals surface area contributed by atoms with Gasteiger partial charge in [-0.05, 0) is 13.8 Å². The summed E-state index contributed by atoms with van der Waals surface area (Å²) in [5.41, 5.74) is 7.14. The molecule has 4 aromatic heterocycles. The molecular formula is C35H30N6O2. The van der Waals surface area contributed by atoms with Gasteiger partial charge in [-0.15, -0.1) is 0 Å². The molecule has 0 fully saturated rings. The van der Waals surface area contributed by atoms with Gasteiger partial charge in [0.25, 0.3) is 0 Å². The van der Waals surface area contributed by atoms with Crippen molar-refractivity contribution in [3.8, 4) is 56.5 Å². The van der Waals surface area contributed by atoms with Gasteiger partial charge < -0.3 is 9.47 Å². The molecule has 0 saturated carbocycles. The summed E-state index contributed by atoms with van der Waals surface area (Å²) in [6, 6.07) is 24.0. The standard InChI is InChI=1S/C35H30N6O2/c1-35(2,29-19-27(42-3)31(25-21-36-15-17-38-25)33(40-29)23-11-7-5-8-12-23)30-20-28(43-4)32(26-22-37-16-18-39-26)34(41-30)24-13-9-6-10-14-24/h5-22H,1-4H3. The van der Waals surface area contributed by atoms with Crippen LogP contribution < -0.4 is 9.47 Å². The molecule has 0 spiro atoms. The first-order valence-corrected chi connectivity index (χ1v) is 13.8. The third-order valence-electron chi connectivity index (χ3n) is 7.42. The summed E-state index contributed by atoms with van der Waals surface area (Å²) in [6.45, 7) is 4.20. The summed E-state index contributed by atoms with van der Waals surface area (Å²) in [7, 11) is 3.32. The van der Waals surface area contributed by atoms with E-state index in [0.717, 1.165) is 45.0 Å². The zero-order chi connectivity index (χ0) is 29.8. The Kier molecular flexibility index (Phi) is 7.57. The van der Waals surface area contributed by atoms with Crippen LogP contribution in [0.5, 0.6) is 11.5 Å². The van der Waals surface area contributed by atoms with Crippen molar-refractivity contribution in [1.29, 1.82) is 0 Å². The fourth-order valence-corrected chi connectivity index (χ4v) is 5.10. The van der Waals surface area contributed by atoms with E-state index in [0.29, 0.717) is 22.9 Å². The first-order valence-electron chi connectivity index (χ1n) is 13.8. The van der Waals surface area contributed by atoms with E-state index in [2.05, 4.69) is 33.8 Å². The van der Waals surface area contributed by atoms with Gasteiger partial charge in [0.05, 0.1) is 71.9 Å². The molecule has 6 rings (SSSR count). The van der Waals surface area contributed by atoms with Gasteiger partial charge in [-0.1, -0.05) is 60.7 Å². The molecule has 8 heteroatoms. The van der Waals surface area contributed by atoms with E-state index in [1.807, 2.05) is 72.8 Å². The van der Waals surface area contributed by atoms with Crippen molar-refractivity contribution in [2.24, 2.45) is 0 Å². The number of pyridine rings is 2. The summed E-state index contributed by atoms with van der Waals surface area (Å²) in [5.74, 6) is 1.28. The summed E-state index contributed by atoms with van der Waals surface area (Å²) in [4.78, 5) is 28.3. The zero-order valence-electron chi connectivity index (χ0n) is 24.4. The van der Waals surface area contributed by atoms with E-state index >= 15 is 0 Å². The largest absolute Gasteiger partial charge is 0.496 e. The molecule has 0 bridgehead atoms. The molecule has 0 aliphatic carbocycles. The maximum atomic E-state index is 5.98. The average molecular weight is 567 g/mol. The monoisotopic (exact) mass is 566 g/mol. The van der Waals surface area contributed by atoms with E-state index in [9.17, 15) is 0 Å². The fourth-order valence-electron chi connectivity index (χ4n) is 5.10. The molecule has 6 aromatic rings. The second-order valence-electron chi connectivity index (χ2n) is 10.4. The molecular weight excluding hydrogens is 536 g/mol. The van der Waals surface area contributed by atoms with Gasteiger partial charge >= 0.3 is 0 Å². The second-order valence-corrected chi connectivity index (χ2v) is 10.4. The van der Waals surface area contributed by atoms with Crippen LogP contribution in [0, 0.1) is 0 Å². The highest BCUT2D eigenvalue weighted by molar-refractivity contribution is 5.85. The normalized spacial score (nSPS) is 11.3. The number of aromatic nitrogens is 6. The maximum Gasteiger partial charge on any atom is 0.132 e. The van der Waals surface area contributed by atoms with Crippen LogP contribution in [0.25, 0.3) is 45.0 Å². The highest BCUT2D eigenvalue weighted by atomic mass is 16.5. The Bertz CT molecular complexity index is 1710. The molecule has 43 heavy (non-hydrogen) atoms. The molecule has 8 nitrogen and oxygen atoms in total. The Labute approximate surface area is 250 Å². The molecule has 0 radical (unpaired) electrons. The predicted octanol–water partition coefficient (Wildman–Crippen LogP) is 7.07. The quantitative estimate of drug-likeness (QED) is 0.193. The van der Waals surface area contributed by atoms with E-state index < -0.39 is 5.41 Å². The third-order valence-corrected chi connectivity index (χ3v) is 7.42. The Hall–Kier alpha value is -5.50. The Morgan fingerprint density at radius 1 is 0.558 bits per heavy atom. The summed E-state index contributed by atoms with van der Waals surface area (Å²) < 4.78 is 12.0. The smallest absolute Gasteiger partial charge is 0.132 e. The summed E-state index contributed by atoms with van der Waals surface area (Å²) in [6.07, 6.45) is 10.1. The molecule has 4 heterocycles. The average Bonchev–Trinajstić information content (AvgIpc) is 3.08. The lowest BCUT2D eigenvalue weighted by atomic mass is 9.82. The Balaban J connectivity index is 1.60. The van der Waals surface area contributed by atoms with Crippen LogP contribution in [0.15, 0.2) is 110 Å². The van der Waals surface area contributed by atoms with Crippen LogP contribution in [0.3, 0.4) is 0 Å². The van der Waals surface area contributed by atoms with Crippen LogP contribution >= 0.6 is 0 Å². The van der Waals surface area contributed by atoms with Gasteiger partial charge in [0.15, 0.2) is 0 Å². The number of ether oxygens (including phenoxy) is 2. The van der Waals surface area contributed by atoms with Gasteiger partial charge in [-0.2, -0.15) is 0 Å². The van der Waals surface area contributed by atoms with Crippen molar-refractivity contribution in [3.63, 3.8) is 0 Å². The SMILES string of the molecule is COc1cc(C(C)(C)c2cc(OC)c(-c3cnccn3)c(-c3ccccc3)n2)nc(-c2ccccc2)c1-c1cnccn1. The number of rotatable bonds is 8.